The van der Waals surface area contributed by atoms with Crippen LogP contribution in [0.3, 0.4) is 0 Å². The Balaban J connectivity index is 2.37. The molecule has 5 nitrogen and oxygen atoms in total. The number of aldehydes is 1. The van der Waals surface area contributed by atoms with Crippen molar-refractivity contribution in [3.05, 3.63) is 65.2 Å². The fraction of sp³-hybridized carbons (Fsp3) is 0.176. The van der Waals surface area contributed by atoms with E-state index in [1.165, 1.54) is 17.0 Å². The van der Waals surface area contributed by atoms with Gasteiger partial charge in [0.05, 0.1) is 5.56 Å². The van der Waals surface area contributed by atoms with E-state index in [-0.39, 0.29) is 23.0 Å². The lowest BCUT2D eigenvalue weighted by Gasteiger charge is -2.25. The highest BCUT2D eigenvalue weighted by Crippen LogP contribution is 2.25. The van der Waals surface area contributed by atoms with Crippen LogP contribution in [0.4, 0.5) is 0 Å². The van der Waals surface area contributed by atoms with Crippen molar-refractivity contribution in [2.45, 2.75) is 6.04 Å². The fourth-order valence-corrected chi connectivity index (χ4v) is 2.90. The van der Waals surface area contributed by atoms with Crippen LogP contribution in [-0.4, -0.2) is 35.0 Å². The van der Waals surface area contributed by atoms with Crippen molar-refractivity contribution < 1.29 is 18.9 Å². The molecule has 0 heterocycles. The number of nitrogens with zero attached hydrogens (tertiary/aromatic N) is 1. The van der Waals surface area contributed by atoms with Gasteiger partial charge in [0.1, 0.15) is 11.8 Å². The van der Waals surface area contributed by atoms with Crippen molar-refractivity contribution in [2.75, 3.05) is 12.8 Å². The Morgan fingerprint density at radius 3 is 2.65 bits per heavy atom. The number of phenols is 1. The van der Waals surface area contributed by atoms with Gasteiger partial charge in [-0.05, 0) is 23.8 Å². The van der Waals surface area contributed by atoms with E-state index in [1.54, 1.807) is 43.4 Å². The average molecular weight is 330 g/mol. The Bertz CT molecular complexity index is 732. The molecule has 0 saturated heterocycles. The summed E-state index contributed by atoms with van der Waals surface area (Å²) in [7, 11) is 1.58. The van der Waals surface area contributed by atoms with Crippen molar-refractivity contribution in [3.8, 4) is 5.75 Å². The number of aromatic hydroxyl groups is 1. The molecule has 0 aliphatic carbocycles. The van der Waals surface area contributed by atoms with Crippen molar-refractivity contribution in [2.24, 2.45) is 0 Å². The topological polar surface area (TPSA) is 74.7 Å². The first-order valence-corrected chi connectivity index (χ1v) is 7.84. The minimum atomic E-state index is -0.503. The van der Waals surface area contributed by atoms with Gasteiger partial charge in [-0.3, -0.25) is 9.59 Å². The van der Waals surface area contributed by atoms with Gasteiger partial charge in [-0.15, -0.1) is 0 Å². The maximum atomic E-state index is 12.7. The van der Waals surface area contributed by atoms with E-state index in [0.29, 0.717) is 29.1 Å². The zero-order chi connectivity index (χ0) is 16.8. The summed E-state index contributed by atoms with van der Waals surface area (Å²) < 4.78 is 11.0. The number of carbonyl (C=O) groups is 2. The van der Waals surface area contributed by atoms with Crippen molar-refractivity contribution in [1.82, 2.24) is 4.90 Å². The smallest absolute Gasteiger partial charge is 0.461 e. The molecule has 6 heteroatoms. The summed E-state index contributed by atoms with van der Waals surface area (Å²) in [5.41, 5.74) is 1.24. The summed E-state index contributed by atoms with van der Waals surface area (Å²) in [6, 6.07) is 12.5. The minimum Gasteiger partial charge on any atom is -0.508 e. The Morgan fingerprint density at radius 1 is 1.26 bits per heavy atom. The lowest BCUT2D eigenvalue weighted by molar-refractivity contribution is 0.0742. The van der Waals surface area contributed by atoms with Gasteiger partial charge in [0.2, 0.25) is 0 Å². The quantitative estimate of drug-likeness (QED) is 0.652. The molecule has 0 fully saturated rings. The van der Waals surface area contributed by atoms with E-state index >= 15 is 0 Å². The maximum absolute atomic E-state index is 12.7. The highest BCUT2D eigenvalue weighted by Gasteiger charge is 2.28. The van der Waals surface area contributed by atoms with E-state index in [0.717, 1.165) is 0 Å². The number of amides is 1. The molecule has 118 valence electrons. The molecule has 1 unspecified atom stereocenters. The Morgan fingerprint density at radius 2 is 2.00 bits per heavy atom. The zero-order valence-corrected chi connectivity index (χ0v) is 13.3. The van der Waals surface area contributed by atoms with E-state index in [9.17, 15) is 18.9 Å². The van der Waals surface area contributed by atoms with E-state index in [2.05, 4.69) is 0 Å². The SMILES string of the molecule is CN(C(=O)c1ccccc1C=O)C(C[S+]=O)c1cccc(O)c1. The molecule has 2 aromatic rings. The first kappa shape index (κ1) is 16.8. The highest BCUT2D eigenvalue weighted by atomic mass is 32.1. The van der Waals surface area contributed by atoms with Gasteiger partial charge in [-0.1, -0.05) is 30.3 Å². The van der Waals surface area contributed by atoms with Crippen LogP contribution in [-0.2, 0) is 15.9 Å². The number of rotatable bonds is 6. The lowest BCUT2D eigenvalue weighted by atomic mass is 10.0. The molecular weight excluding hydrogens is 314 g/mol. The predicted molar refractivity (Wildman–Crippen MR) is 87.7 cm³/mol. The minimum absolute atomic E-state index is 0.0672. The summed E-state index contributed by atoms with van der Waals surface area (Å²) in [4.78, 5) is 25.2. The third-order valence-corrected chi connectivity index (χ3v) is 4.04. The number of hydrogen-bond donors (Lipinski definition) is 1. The summed E-state index contributed by atoms with van der Waals surface area (Å²) >= 11 is 0.366. The second kappa shape index (κ2) is 7.60. The second-order valence-electron chi connectivity index (χ2n) is 5.02. The first-order chi connectivity index (χ1) is 11.1. The van der Waals surface area contributed by atoms with Crippen LogP contribution in [0, 0.1) is 0 Å². The third kappa shape index (κ3) is 3.78. The Hall–Kier alpha value is -2.60. The molecule has 0 aliphatic heterocycles. The normalized spacial score (nSPS) is 11.5. The molecule has 0 aliphatic rings. The van der Waals surface area contributed by atoms with Crippen LogP contribution in [0.2, 0.25) is 0 Å². The molecule has 0 spiro atoms. The molecule has 0 bridgehead atoms. The standard InChI is InChI=1S/C17H15NO4S/c1-18(17(21)15-8-3-2-5-13(15)10-19)16(11-23-22)12-6-4-7-14(20)9-12/h2-10,16H,11H2,1H3/p+1. The molecule has 1 amide bonds. The van der Waals surface area contributed by atoms with E-state index < -0.39 is 6.04 Å². The number of benzene rings is 2. The van der Waals surface area contributed by atoms with Crippen LogP contribution >= 0.6 is 0 Å². The molecule has 2 aromatic carbocycles. The maximum Gasteiger partial charge on any atom is 0.461 e. The predicted octanol–water partition coefficient (Wildman–Crippen LogP) is 2.45. The monoisotopic (exact) mass is 330 g/mol. The molecule has 23 heavy (non-hydrogen) atoms. The van der Waals surface area contributed by atoms with Gasteiger partial charge in [0.25, 0.3) is 11.7 Å². The summed E-state index contributed by atoms with van der Waals surface area (Å²) in [5.74, 6) is -0.151. The van der Waals surface area contributed by atoms with E-state index in [4.69, 9.17) is 0 Å². The summed E-state index contributed by atoms with van der Waals surface area (Å²) in [5, 5.41) is 9.62. The first-order valence-electron chi connectivity index (χ1n) is 6.93. The number of carbonyl (C=O) groups excluding carboxylic acids is 2. The largest absolute Gasteiger partial charge is 0.508 e. The van der Waals surface area contributed by atoms with Crippen LogP contribution in [0.5, 0.6) is 5.75 Å². The number of hydrogen-bond acceptors (Lipinski definition) is 4. The average Bonchev–Trinajstić information content (AvgIpc) is 2.58. The number of phenolic OH excluding ortho intramolecular Hbond substituents is 1. The highest BCUT2D eigenvalue weighted by molar-refractivity contribution is 7.65. The molecule has 0 aromatic heterocycles. The summed E-state index contributed by atoms with van der Waals surface area (Å²) in [6.07, 6.45) is 0.632. The molecular formula is C17H16NO4S+. The van der Waals surface area contributed by atoms with Gasteiger partial charge in [-0.25, -0.2) is 0 Å². The zero-order valence-electron chi connectivity index (χ0n) is 12.5. The van der Waals surface area contributed by atoms with Crippen LogP contribution < -0.4 is 0 Å². The molecule has 2 rings (SSSR count). The molecule has 0 radical (unpaired) electrons. The van der Waals surface area contributed by atoms with Crippen molar-refractivity contribution in [3.63, 3.8) is 0 Å². The third-order valence-electron chi connectivity index (χ3n) is 3.59. The van der Waals surface area contributed by atoms with E-state index in [1.807, 2.05) is 0 Å². The van der Waals surface area contributed by atoms with Crippen molar-refractivity contribution >= 4 is 23.9 Å². The Kier molecular flexibility index (Phi) is 5.54. The van der Waals surface area contributed by atoms with Gasteiger partial charge >= 0.3 is 11.7 Å². The fourth-order valence-electron chi connectivity index (χ4n) is 2.35. The van der Waals surface area contributed by atoms with Gasteiger partial charge in [0, 0.05) is 16.8 Å². The van der Waals surface area contributed by atoms with Crippen molar-refractivity contribution in [1.29, 1.82) is 0 Å². The van der Waals surface area contributed by atoms with Gasteiger partial charge < -0.3 is 10.0 Å². The second-order valence-corrected chi connectivity index (χ2v) is 5.59. The van der Waals surface area contributed by atoms with Crippen LogP contribution in [0.1, 0.15) is 32.3 Å². The Labute approximate surface area is 138 Å². The van der Waals surface area contributed by atoms with Crippen LogP contribution in [0.15, 0.2) is 48.5 Å². The molecule has 1 N–H and O–H groups in total. The van der Waals surface area contributed by atoms with Gasteiger partial charge in [-0.2, -0.15) is 0 Å². The molecule has 1 atom stereocenters. The summed E-state index contributed by atoms with van der Waals surface area (Å²) in [6.45, 7) is 0. The van der Waals surface area contributed by atoms with Gasteiger partial charge in [0.15, 0.2) is 6.29 Å². The lowest BCUT2D eigenvalue weighted by Crippen LogP contribution is -2.33. The molecule has 0 saturated carbocycles. The van der Waals surface area contributed by atoms with Crippen LogP contribution in [0.25, 0.3) is 0 Å².